The molecule has 0 spiro atoms. The Balaban J connectivity index is 1.72. The Morgan fingerprint density at radius 2 is 2.22 bits per heavy atom. The van der Waals surface area contributed by atoms with Gasteiger partial charge in [-0.3, -0.25) is 4.79 Å². The molecule has 3 unspecified atom stereocenters. The normalized spacial score (nSPS) is 28.6. The minimum absolute atomic E-state index is 0.281. The zero-order valence-electron chi connectivity index (χ0n) is 10.3. The Hall–Kier alpha value is -1.77. The molecule has 3 rings (SSSR count). The van der Waals surface area contributed by atoms with Crippen LogP contribution in [0.4, 0.5) is 5.69 Å². The Kier molecular flexibility index (Phi) is 2.82. The number of benzene rings is 1. The molecule has 0 radical (unpaired) electrons. The fourth-order valence-electron chi connectivity index (χ4n) is 3.09. The fraction of sp³-hybridized carbons (Fsp3) is 0.400. The fourth-order valence-corrected chi connectivity index (χ4v) is 3.09. The molecule has 0 aliphatic heterocycles. The number of hydrogen-bond acceptors (Lipinski definition) is 2. The Labute approximate surface area is 107 Å². The monoisotopic (exact) mass is 242 g/mol. The van der Waals surface area contributed by atoms with E-state index in [1.807, 2.05) is 24.3 Å². The van der Waals surface area contributed by atoms with Crippen molar-refractivity contribution in [3.05, 3.63) is 42.0 Å². The summed E-state index contributed by atoms with van der Waals surface area (Å²) in [5, 5.41) is 3.56. The second-order valence-corrected chi connectivity index (χ2v) is 5.29. The third-order valence-corrected chi connectivity index (χ3v) is 4.09. The number of carbonyl (C=O) groups excluding carboxylic acids is 1. The van der Waals surface area contributed by atoms with Gasteiger partial charge in [-0.25, -0.2) is 0 Å². The number of nitrogens with two attached hydrogens (primary N) is 1. The number of para-hydroxylation sites is 1. The summed E-state index contributed by atoms with van der Waals surface area (Å²) in [6.07, 6.45) is 7.36. The van der Waals surface area contributed by atoms with Gasteiger partial charge in [0.2, 0.25) is 5.91 Å². The largest absolute Gasteiger partial charge is 0.381 e. The number of fused-ring (bicyclic) bond motifs is 1. The molecule has 1 amide bonds. The lowest BCUT2D eigenvalue weighted by Gasteiger charge is -2.41. The number of hydrogen-bond donors (Lipinski definition) is 2. The molecular formula is C15H18N2O. The Morgan fingerprint density at radius 3 is 3.00 bits per heavy atom. The molecule has 3 atom stereocenters. The average Bonchev–Trinajstić information content (AvgIpc) is 2.69. The van der Waals surface area contributed by atoms with E-state index in [0.29, 0.717) is 18.4 Å². The number of allylic oxidation sites excluding steroid dienone is 1. The van der Waals surface area contributed by atoms with Gasteiger partial charge in [0.25, 0.3) is 0 Å². The second kappa shape index (κ2) is 4.48. The molecule has 94 valence electrons. The zero-order chi connectivity index (χ0) is 12.5. The number of anilines is 1. The lowest BCUT2D eigenvalue weighted by atomic mass is 9.71. The highest BCUT2D eigenvalue weighted by molar-refractivity contribution is 5.78. The van der Waals surface area contributed by atoms with E-state index in [1.165, 1.54) is 12.8 Å². The van der Waals surface area contributed by atoms with Crippen molar-refractivity contribution in [2.45, 2.75) is 25.3 Å². The molecule has 0 bridgehead atoms. The summed E-state index contributed by atoms with van der Waals surface area (Å²) < 4.78 is 0. The highest BCUT2D eigenvalue weighted by Gasteiger charge is 2.40. The summed E-state index contributed by atoms with van der Waals surface area (Å²) in [6, 6.07) is 8.45. The quantitative estimate of drug-likeness (QED) is 0.794. The van der Waals surface area contributed by atoms with Gasteiger partial charge >= 0.3 is 0 Å². The van der Waals surface area contributed by atoms with E-state index < -0.39 is 0 Å². The van der Waals surface area contributed by atoms with Gasteiger partial charge < -0.3 is 11.1 Å². The van der Waals surface area contributed by atoms with Crippen LogP contribution in [0.2, 0.25) is 0 Å². The summed E-state index contributed by atoms with van der Waals surface area (Å²) in [7, 11) is 0. The smallest absolute Gasteiger partial charge is 0.221 e. The van der Waals surface area contributed by atoms with E-state index in [4.69, 9.17) is 5.73 Å². The summed E-state index contributed by atoms with van der Waals surface area (Å²) in [4.78, 5) is 11.1. The van der Waals surface area contributed by atoms with Gasteiger partial charge in [-0.1, -0.05) is 30.4 Å². The SMILES string of the molecule is NC(=O)Cc1ccccc1NC1CC2CC=CC21. The molecule has 2 aliphatic carbocycles. The minimum Gasteiger partial charge on any atom is -0.381 e. The van der Waals surface area contributed by atoms with E-state index in [1.54, 1.807) is 0 Å². The van der Waals surface area contributed by atoms with Crippen LogP contribution in [0.1, 0.15) is 18.4 Å². The standard InChI is InChI=1S/C15H18N2O/c16-15(18)9-11-4-1-2-7-13(11)17-14-8-10-5-3-6-12(10)14/h1-4,6-7,10,12,14,17H,5,8-9H2,(H2,16,18). The highest BCUT2D eigenvalue weighted by atomic mass is 16.1. The van der Waals surface area contributed by atoms with Crippen molar-refractivity contribution in [2.75, 3.05) is 5.32 Å². The molecule has 3 heteroatoms. The topological polar surface area (TPSA) is 55.1 Å². The second-order valence-electron chi connectivity index (χ2n) is 5.29. The van der Waals surface area contributed by atoms with Crippen LogP contribution in [0, 0.1) is 11.8 Å². The van der Waals surface area contributed by atoms with E-state index >= 15 is 0 Å². The van der Waals surface area contributed by atoms with Crippen molar-refractivity contribution >= 4 is 11.6 Å². The Morgan fingerprint density at radius 1 is 1.39 bits per heavy atom. The van der Waals surface area contributed by atoms with Gasteiger partial charge in [-0.15, -0.1) is 0 Å². The first-order chi connectivity index (χ1) is 8.74. The average molecular weight is 242 g/mol. The van der Waals surface area contributed by atoms with Crippen LogP contribution in [0.25, 0.3) is 0 Å². The van der Waals surface area contributed by atoms with Crippen LogP contribution in [-0.4, -0.2) is 11.9 Å². The first-order valence-corrected chi connectivity index (χ1v) is 6.53. The third kappa shape index (κ3) is 2.01. The molecule has 1 aromatic rings. The van der Waals surface area contributed by atoms with Crippen molar-refractivity contribution in [3.8, 4) is 0 Å². The van der Waals surface area contributed by atoms with Gasteiger partial charge in [0, 0.05) is 17.6 Å². The number of carbonyl (C=O) groups is 1. The van der Waals surface area contributed by atoms with Crippen molar-refractivity contribution < 1.29 is 4.79 Å². The van der Waals surface area contributed by atoms with Crippen LogP contribution in [-0.2, 0) is 11.2 Å². The minimum atomic E-state index is -0.281. The van der Waals surface area contributed by atoms with Crippen molar-refractivity contribution in [2.24, 2.45) is 17.6 Å². The molecule has 0 heterocycles. The summed E-state index contributed by atoms with van der Waals surface area (Å²) in [5.74, 6) is 1.23. The summed E-state index contributed by atoms with van der Waals surface area (Å²) >= 11 is 0. The van der Waals surface area contributed by atoms with Gasteiger partial charge in [-0.05, 0) is 30.4 Å². The molecule has 3 N–H and O–H groups in total. The van der Waals surface area contributed by atoms with E-state index in [0.717, 1.165) is 17.2 Å². The molecular weight excluding hydrogens is 224 g/mol. The number of primary amides is 1. The van der Waals surface area contributed by atoms with Gasteiger partial charge in [-0.2, -0.15) is 0 Å². The lowest BCUT2D eigenvalue weighted by molar-refractivity contribution is -0.117. The molecule has 0 aromatic heterocycles. The van der Waals surface area contributed by atoms with Crippen LogP contribution in [0.5, 0.6) is 0 Å². The molecule has 18 heavy (non-hydrogen) atoms. The van der Waals surface area contributed by atoms with Gasteiger partial charge in [0.05, 0.1) is 6.42 Å². The first-order valence-electron chi connectivity index (χ1n) is 6.53. The zero-order valence-corrected chi connectivity index (χ0v) is 10.3. The van der Waals surface area contributed by atoms with Crippen molar-refractivity contribution in [1.29, 1.82) is 0 Å². The molecule has 1 saturated carbocycles. The van der Waals surface area contributed by atoms with Gasteiger partial charge in [0.1, 0.15) is 0 Å². The molecule has 1 fully saturated rings. The van der Waals surface area contributed by atoms with Gasteiger partial charge in [0.15, 0.2) is 0 Å². The number of rotatable bonds is 4. The molecule has 0 saturated heterocycles. The highest BCUT2D eigenvalue weighted by Crippen LogP contribution is 2.44. The molecule has 2 aliphatic rings. The lowest BCUT2D eigenvalue weighted by Crippen LogP contribution is -2.43. The van der Waals surface area contributed by atoms with E-state index in [9.17, 15) is 4.79 Å². The summed E-state index contributed by atoms with van der Waals surface area (Å²) in [5.41, 5.74) is 7.33. The summed E-state index contributed by atoms with van der Waals surface area (Å²) in [6.45, 7) is 0. The number of amides is 1. The van der Waals surface area contributed by atoms with Crippen LogP contribution in [0.15, 0.2) is 36.4 Å². The Bertz CT molecular complexity index is 495. The predicted octanol–water partition coefficient (Wildman–Crippen LogP) is 2.09. The predicted molar refractivity (Wildman–Crippen MR) is 72.1 cm³/mol. The van der Waals surface area contributed by atoms with E-state index in [-0.39, 0.29) is 5.91 Å². The van der Waals surface area contributed by atoms with E-state index in [2.05, 4.69) is 17.5 Å². The van der Waals surface area contributed by atoms with Crippen LogP contribution in [0.3, 0.4) is 0 Å². The van der Waals surface area contributed by atoms with Crippen LogP contribution >= 0.6 is 0 Å². The third-order valence-electron chi connectivity index (χ3n) is 4.09. The molecule has 3 nitrogen and oxygen atoms in total. The maximum Gasteiger partial charge on any atom is 0.221 e. The molecule has 1 aromatic carbocycles. The maximum absolute atomic E-state index is 11.1. The number of nitrogens with one attached hydrogen (secondary N) is 1. The maximum atomic E-state index is 11.1. The van der Waals surface area contributed by atoms with Crippen molar-refractivity contribution in [3.63, 3.8) is 0 Å². The van der Waals surface area contributed by atoms with Crippen molar-refractivity contribution in [1.82, 2.24) is 0 Å². The first kappa shape index (κ1) is 11.3. The van der Waals surface area contributed by atoms with Crippen LogP contribution < -0.4 is 11.1 Å².